The summed E-state index contributed by atoms with van der Waals surface area (Å²) in [7, 11) is 0. The average Bonchev–Trinajstić information content (AvgIpc) is 3.23. The molecule has 2 N–H and O–H groups in total. The molecule has 1 amide bonds. The Bertz CT molecular complexity index is 726. The minimum atomic E-state index is -0.356. The van der Waals surface area contributed by atoms with Gasteiger partial charge in [0.2, 0.25) is 5.88 Å². The SMILES string of the molecule is CCC(CC)(CO)CNC(=O)c1c(C)oc(-n2cccc2)c1C#N. The van der Waals surface area contributed by atoms with Crippen molar-refractivity contribution in [2.24, 2.45) is 5.41 Å². The van der Waals surface area contributed by atoms with Crippen LogP contribution in [0.2, 0.25) is 0 Å². The summed E-state index contributed by atoms with van der Waals surface area (Å²) in [6.45, 7) is 6.00. The van der Waals surface area contributed by atoms with Gasteiger partial charge in [-0.25, -0.2) is 0 Å². The van der Waals surface area contributed by atoms with E-state index in [1.807, 2.05) is 26.0 Å². The lowest BCUT2D eigenvalue weighted by Crippen LogP contribution is -2.39. The predicted molar refractivity (Wildman–Crippen MR) is 89.9 cm³/mol. The van der Waals surface area contributed by atoms with Crippen LogP contribution in [-0.2, 0) is 0 Å². The molecule has 0 radical (unpaired) electrons. The predicted octanol–water partition coefficient (Wildman–Crippen LogP) is 2.78. The number of carbonyl (C=O) groups is 1. The number of aliphatic hydroxyl groups excluding tert-OH is 1. The number of rotatable bonds is 7. The van der Waals surface area contributed by atoms with Crippen molar-refractivity contribution < 1.29 is 14.3 Å². The molecule has 2 aromatic heterocycles. The van der Waals surface area contributed by atoms with E-state index < -0.39 is 0 Å². The Kier molecular flexibility index (Phi) is 5.47. The molecule has 0 aromatic carbocycles. The number of amides is 1. The zero-order chi connectivity index (χ0) is 17.7. The molecule has 0 unspecified atom stereocenters. The Morgan fingerprint density at radius 3 is 2.50 bits per heavy atom. The van der Waals surface area contributed by atoms with Gasteiger partial charge in [0.25, 0.3) is 5.91 Å². The number of hydrogen-bond donors (Lipinski definition) is 2. The largest absolute Gasteiger partial charge is 0.443 e. The van der Waals surface area contributed by atoms with Gasteiger partial charge in [0.1, 0.15) is 23.0 Å². The minimum absolute atomic E-state index is 0.00434. The summed E-state index contributed by atoms with van der Waals surface area (Å²) < 4.78 is 7.31. The second-order valence-electron chi connectivity index (χ2n) is 5.96. The van der Waals surface area contributed by atoms with Crippen LogP contribution in [0.5, 0.6) is 0 Å². The van der Waals surface area contributed by atoms with Gasteiger partial charge >= 0.3 is 0 Å². The highest BCUT2D eigenvalue weighted by atomic mass is 16.4. The van der Waals surface area contributed by atoms with E-state index in [1.54, 1.807) is 23.9 Å². The van der Waals surface area contributed by atoms with Crippen LogP contribution in [0.15, 0.2) is 28.9 Å². The Labute approximate surface area is 141 Å². The number of aryl methyl sites for hydroxylation is 1. The van der Waals surface area contributed by atoms with Crippen LogP contribution in [-0.4, -0.2) is 28.7 Å². The fraction of sp³-hybridized carbons (Fsp3) is 0.444. The second-order valence-corrected chi connectivity index (χ2v) is 5.96. The molecule has 0 saturated heterocycles. The summed E-state index contributed by atoms with van der Waals surface area (Å²) in [5, 5.41) is 22.0. The molecule has 0 bridgehead atoms. The van der Waals surface area contributed by atoms with Crippen LogP contribution >= 0.6 is 0 Å². The van der Waals surface area contributed by atoms with Gasteiger partial charge in [-0.2, -0.15) is 5.26 Å². The van der Waals surface area contributed by atoms with Gasteiger partial charge in [-0.1, -0.05) is 13.8 Å². The Hall–Kier alpha value is -2.52. The molecular weight excluding hydrogens is 306 g/mol. The molecule has 24 heavy (non-hydrogen) atoms. The van der Waals surface area contributed by atoms with Gasteiger partial charge < -0.3 is 14.8 Å². The molecule has 0 atom stereocenters. The summed E-state index contributed by atoms with van der Waals surface area (Å²) >= 11 is 0. The number of aromatic nitrogens is 1. The van der Waals surface area contributed by atoms with Crippen molar-refractivity contribution in [1.82, 2.24) is 9.88 Å². The van der Waals surface area contributed by atoms with Crippen LogP contribution in [0.3, 0.4) is 0 Å². The van der Waals surface area contributed by atoms with E-state index in [9.17, 15) is 15.2 Å². The topological polar surface area (TPSA) is 91.2 Å². The Morgan fingerprint density at radius 1 is 1.38 bits per heavy atom. The summed E-state index contributed by atoms with van der Waals surface area (Å²) in [5.74, 6) is 0.380. The van der Waals surface area contributed by atoms with Crippen LogP contribution in [0.4, 0.5) is 0 Å². The van der Waals surface area contributed by atoms with Gasteiger partial charge in [0, 0.05) is 24.4 Å². The number of nitrogens with one attached hydrogen (secondary N) is 1. The van der Waals surface area contributed by atoms with E-state index >= 15 is 0 Å². The van der Waals surface area contributed by atoms with Gasteiger partial charge in [0.15, 0.2) is 0 Å². The lowest BCUT2D eigenvalue weighted by Gasteiger charge is -2.29. The fourth-order valence-electron chi connectivity index (χ4n) is 2.69. The molecule has 0 fully saturated rings. The lowest BCUT2D eigenvalue weighted by atomic mass is 9.83. The number of furan rings is 1. The summed E-state index contributed by atoms with van der Waals surface area (Å²) in [6.07, 6.45) is 5.02. The summed E-state index contributed by atoms with van der Waals surface area (Å²) in [5.41, 5.74) is 0.118. The van der Waals surface area contributed by atoms with Crippen molar-refractivity contribution in [2.75, 3.05) is 13.2 Å². The van der Waals surface area contributed by atoms with Crippen molar-refractivity contribution in [3.05, 3.63) is 41.4 Å². The monoisotopic (exact) mass is 329 g/mol. The Morgan fingerprint density at radius 2 is 2.00 bits per heavy atom. The van der Waals surface area contributed by atoms with E-state index in [1.165, 1.54) is 0 Å². The van der Waals surface area contributed by atoms with Crippen LogP contribution < -0.4 is 5.32 Å². The first-order valence-corrected chi connectivity index (χ1v) is 8.07. The first-order valence-electron chi connectivity index (χ1n) is 8.07. The van der Waals surface area contributed by atoms with Crippen molar-refractivity contribution in [3.63, 3.8) is 0 Å². The lowest BCUT2D eigenvalue weighted by molar-refractivity contribution is 0.0849. The number of carbonyl (C=O) groups excluding carboxylic acids is 1. The van der Waals surface area contributed by atoms with E-state index in [0.29, 0.717) is 18.2 Å². The molecule has 6 nitrogen and oxygen atoms in total. The summed E-state index contributed by atoms with van der Waals surface area (Å²) in [4.78, 5) is 12.6. The van der Waals surface area contributed by atoms with Gasteiger partial charge in [-0.15, -0.1) is 0 Å². The number of nitriles is 1. The van der Waals surface area contributed by atoms with Gasteiger partial charge in [-0.05, 0) is 31.9 Å². The molecule has 0 aliphatic carbocycles. The molecule has 0 saturated carbocycles. The molecule has 0 spiro atoms. The van der Waals surface area contributed by atoms with Crippen LogP contribution in [0, 0.1) is 23.7 Å². The third-order valence-electron chi connectivity index (χ3n) is 4.70. The normalized spacial score (nSPS) is 11.3. The highest BCUT2D eigenvalue weighted by Gasteiger charge is 2.29. The molecule has 128 valence electrons. The first-order chi connectivity index (χ1) is 11.5. The zero-order valence-corrected chi connectivity index (χ0v) is 14.3. The molecule has 6 heteroatoms. The highest BCUT2D eigenvalue weighted by Crippen LogP contribution is 2.27. The average molecular weight is 329 g/mol. The van der Waals surface area contributed by atoms with Crippen molar-refractivity contribution in [2.45, 2.75) is 33.6 Å². The smallest absolute Gasteiger partial charge is 0.256 e. The van der Waals surface area contributed by atoms with E-state index in [2.05, 4.69) is 11.4 Å². The Balaban J connectivity index is 2.29. The van der Waals surface area contributed by atoms with Gasteiger partial charge in [0.05, 0.1) is 6.61 Å². The molecular formula is C18H23N3O3. The molecule has 2 aromatic rings. The maximum atomic E-state index is 12.6. The number of nitrogens with zero attached hydrogens (tertiary/aromatic N) is 2. The second kappa shape index (κ2) is 7.37. The quantitative estimate of drug-likeness (QED) is 0.817. The zero-order valence-electron chi connectivity index (χ0n) is 14.3. The first kappa shape index (κ1) is 17.8. The van der Waals surface area contributed by atoms with Crippen molar-refractivity contribution >= 4 is 5.91 Å². The third kappa shape index (κ3) is 3.22. The summed E-state index contributed by atoms with van der Waals surface area (Å²) in [6, 6.07) is 5.70. The number of aliphatic hydroxyl groups is 1. The van der Waals surface area contributed by atoms with Crippen LogP contribution in [0.25, 0.3) is 5.88 Å². The molecule has 0 aliphatic rings. The van der Waals surface area contributed by atoms with Crippen LogP contribution in [0.1, 0.15) is 48.4 Å². The maximum Gasteiger partial charge on any atom is 0.256 e. The molecule has 0 aliphatic heterocycles. The highest BCUT2D eigenvalue weighted by molar-refractivity contribution is 5.98. The van der Waals surface area contributed by atoms with Gasteiger partial charge in [-0.3, -0.25) is 9.36 Å². The van der Waals surface area contributed by atoms with E-state index in [0.717, 1.165) is 12.8 Å². The number of hydrogen-bond acceptors (Lipinski definition) is 4. The third-order valence-corrected chi connectivity index (χ3v) is 4.70. The minimum Gasteiger partial charge on any atom is -0.443 e. The van der Waals surface area contributed by atoms with Crippen molar-refractivity contribution in [3.8, 4) is 12.0 Å². The molecule has 2 heterocycles. The standard InChI is InChI=1S/C18H23N3O3/c1-4-18(5-2,12-22)11-20-16(23)15-13(3)24-17(14(15)10-19)21-8-6-7-9-21/h6-9,22H,4-5,11-12H2,1-3H3,(H,20,23). The van der Waals surface area contributed by atoms with E-state index in [-0.39, 0.29) is 29.1 Å². The van der Waals surface area contributed by atoms with E-state index in [4.69, 9.17) is 4.42 Å². The fourth-order valence-corrected chi connectivity index (χ4v) is 2.69. The maximum absolute atomic E-state index is 12.6. The molecule has 2 rings (SSSR count). The van der Waals surface area contributed by atoms with Crippen molar-refractivity contribution in [1.29, 1.82) is 5.26 Å².